The molecule has 2 atom stereocenters. The van der Waals surface area contributed by atoms with Crippen molar-refractivity contribution in [2.75, 3.05) is 0 Å². The molecule has 27 heavy (non-hydrogen) atoms. The van der Waals surface area contributed by atoms with Gasteiger partial charge in [0, 0.05) is 18.4 Å². The Morgan fingerprint density at radius 3 is 2.59 bits per heavy atom. The van der Waals surface area contributed by atoms with Crippen LogP contribution < -0.4 is 0 Å². The topological polar surface area (TPSA) is 47.4 Å². The van der Waals surface area contributed by atoms with Crippen LogP contribution in [0, 0.1) is 0 Å². The zero-order valence-electron chi connectivity index (χ0n) is 16.3. The van der Waals surface area contributed by atoms with E-state index >= 15 is 0 Å². The third-order valence-electron chi connectivity index (χ3n) is 5.25. The van der Waals surface area contributed by atoms with Crippen LogP contribution in [-0.4, -0.2) is 38.5 Å². The predicted octanol–water partition coefficient (Wildman–Crippen LogP) is 4.82. The van der Waals surface area contributed by atoms with Gasteiger partial charge < -0.3 is 4.74 Å². The van der Waals surface area contributed by atoms with Crippen molar-refractivity contribution < 1.29 is 9.53 Å². The van der Waals surface area contributed by atoms with Gasteiger partial charge in [-0.2, -0.15) is 5.10 Å². The van der Waals surface area contributed by atoms with Gasteiger partial charge in [0.1, 0.15) is 5.60 Å². The highest BCUT2D eigenvalue weighted by Crippen LogP contribution is 2.38. The van der Waals surface area contributed by atoms with Crippen LogP contribution in [0.4, 0.5) is 4.79 Å². The van der Waals surface area contributed by atoms with Crippen LogP contribution in [0.25, 0.3) is 11.3 Å². The number of amides is 1. The smallest absolute Gasteiger partial charge is 0.411 e. The van der Waals surface area contributed by atoms with Gasteiger partial charge in [0.05, 0.1) is 11.7 Å². The standard InChI is InChI=1S/C22H27N3O2/c1-22(2,3)27-21(26)25-19-6-4-7-20(25)15-17(14-19)16-8-10-18(11-9-16)24-13-5-12-23-24/h5,8-14,19-20H,4,6-7,15H2,1-3H3. The zero-order chi connectivity index (χ0) is 19.0. The van der Waals surface area contributed by atoms with Crippen LogP contribution in [0.5, 0.6) is 0 Å². The number of fused-ring (bicyclic) bond motifs is 2. The van der Waals surface area contributed by atoms with E-state index in [0.29, 0.717) is 0 Å². The fourth-order valence-corrected chi connectivity index (χ4v) is 4.09. The summed E-state index contributed by atoms with van der Waals surface area (Å²) in [5.74, 6) is 0. The average Bonchev–Trinajstić information content (AvgIpc) is 3.14. The summed E-state index contributed by atoms with van der Waals surface area (Å²) in [5, 5.41) is 4.28. The van der Waals surface area contributed by atoms with Gasteiger partial charge in [0.2, 0.25) is 0 Å². The number of rotatable bonds is 2. The summed E-state index contributed by atoms with van der Waals surface area (Å²) in [5.41, 5.74) is 3.15. The molecule has 1 amide bonds. The van der Waals surface area contributed by atoms with E-state index in [9.17, 15) is 4.79 Å². The molecule has 2 bridgehead atoms. The van der Waals surface area contributed by atoms with Gasteiger partial charge in [-0.25, -0.2) is 9.48 Å². The summed E-state index contributed by atoms with van der Waals surface area (Å²) in [7, 11) is 0. The minimum Gasteiger partial charge on any atom is -0.444 e. The summed E-state index contributed by atoms with van der Waals surface area (Å²) in [6, 6.07) is 10.8. The summed E-state index contributed by atoms with van der Waals surface area (Å²) in [4.78, 5) is 14.7. The molecule has 1 aromatic heterocycles. The Morgan fingerprint density at radius 2 is 1.96 bits per heavy atom. The first kappa shape index (κ1) is 17.8. The number of hydrogen-bond acceptors (Lipinski definition) is 3. The molecule has 5 nitrogen and oxygen atoms in total. The van der Waals surface area contributed by atoms with Crippen molar-refractivity contribution in [2.45, 2.75) is 64.1 Å². The molecule has 0 aliphatic carbocycles. The van der Waals surface area contributed by atoms with E-state index in [1.807, 2.05) is 42.6 Å². The first-order chi connectivity index (χ1) is 12.9. The van der Waals surface area contributed by atoms with Gasteiger partial charge in [-0.05, 0) is 75.8 Å². The summed E-state index contributed by atoms with van der Waals surface area (Å²) in [6.07, 6.45) is 9.91. The molecule has 2 aliphatic rings. The lowest BCUT2D eigenvalue weighted by Gasteiger charge is -2.45. The Kier molecular flexibility index (Phi) is 4.54. The van der Waals surface area contributed by atoms with Crippen molar-refractivity contribution in [1.82, 2.24) is 14.7 Å². The highest BCUT2D eigenvalue weighted by Gasteiger charge is 2.39. The minimum absolute atomic E-state index is 0.133. The van der Waals surface area contributed by atoms with Crippen molar-refractivity contribution in [2.24, 2.45) is 0 Å². The van der Waals surface area contributed by atoms with Crippen LogP contribution in [0.1, 0.15) is 52.0 Å². The Balaban J connectivity index is 1.56. The molecule has 0 spiro atoms. The highest BCUT2D eigenvalue weighted by atomic mass is 16.6. The van der Waals surface area contributed by atoms with E-state index in [2.05, 4.69) is 35.4 Å². The maximum Gasteiger partial charge on any atom is 0.411 e. The minimum atomic E-state index is -0.461. The van der Waals surface area contributed by atoms with Crippen LogP contribution in [0.3, 0.4) is 0 Å². The number of piperidine rings is 1. The van der Waals surface area contributed by atoms with Crippen molar-refractivity contribution in [1.29, 1.82) is 0 Å². The number of carbonyl (C=O) groups is 1. The second-order valence-corrected chi connectivity index (χ2v) is 8.43. The van der Waals surface area contributed by atoms with E-state index in [4.69, 9.17) is 4.74 Å². The average molecular weight is 365 g/mol. The largest absolute Gasteiger partial charge is 0.444 e. The Bertz CT molecular complexity index is 831. The van der Waals surface area contributed by atoms with Crippen LogP contribution in [-0.2, 0) is 4.74 Å². The van der Waals surface area contributed by atoms with Gasteiger partial charge in [0.25, 0.3) is 0 Å². The summed E-state index contributed by atoms with van der Waals surface area (Å²) >= 11 is 0. The number of ether oxygens (including phenoxy) is 1. The summed E-state index contributed by atoms with van der Waals surface area (Å²) in [6.45, 7) is 5.77. The molecule has 1 saturated heterocycles. The molecule has 2 unspecified atom stereocenters. The van der Waals surface area contributed by atoms with Crippen LogP contribution >= 0.6 is 0 Å². The fourth-order valence-electron chi connectivity index (χ4n) is 4.09. The fraction of sp³-hybridized carbons (Fsp3) is 0.455. The van der Waals surface area contributed by atoms with Crippen LogP contribution in [0.15, 0.2) is 48.8 Å². The van der Waals surface area contributed by atoms with Crippen molar-refractivity contribution in [3.63, 3.8) is 0 Å². The van der Waals surface area contributed by atoms with E-state index in [1.54, 1.807) is 6.20 Å². The van der Waals surface area contributed by atoms with Gasteiger partial charge >= 0.3 is 6.09 Å². The van der Waals surface area contributed by atoms with E-state index in [1.165, 1.54) is 11.1 Å². The first-order valence-corrected chi connectivity index (χ1v) is 9.73. The van der Waals surface area contributed by atoms with Gasteiger partial charge in [-0.3, -0.25) is 4.90 Å². The Morgan fingerprint density at radius 1 is 1.19 bits per heavy atom. The highest BCUT2D eigenvalue weighted by molar-refractivity contribution is 5.75. The normalized spacial score (nSPS) is 22.3. The molecule has 0 saturated carbocycles. The lowest BCUT2D eigenvalue weighted by atomic mass is 9.83. The molecular formula is C22H27N3O2. The molecular weight excluding hydrogens is 338 g/mol. The van der Waals surface area contributed by atoms with Gasteiger partial charge in [-0.15, -0.1) is 0 Å². The molecule has 4 rings (SSSR count). The zero-order valence-corrected chi connectivity index (χ0v) is 16.3. The second kappa shape index (κ2) is 6.87. The molecule has 142 valence electrons. The van der Waals surface area contributed by atoms with E-state index < -0.39 is 5.60 Å². The molecule has 0 radical (unpaired) electrons. The van der Waals surface area contributed by atoms with E-state index in [-0.39, 0.29) is 18.2 Å². The quantitative estimate of drug-likeness (QED) is 0.767. The summed E-state index contributed by atoms with van der Waals surface area (Å²) < 4.78 is 7.52. The lowest BCUT2D eigenvalue weighted by Crippen LogP contribution is -2.53. The lowest BCUT2D eigenvalue weighted by molar-refractivity contribution is 0.0000856. The second-order valence-electron chi connectivity index (χ2n) is 8.43. The van der Waals surface area contributed by atoms with Crippen LogP contribution in [0.2, 0.25) is 0 Å². The number of aromatic nitrogens is 2. The molecule has 5 heteroatoms. The maximum atomic E-state index is 12.7. The first-order valence-electron chi connectivity index (χ1n) is 9.73. The Hall–Kier alpha value is -2.56. The number of carbonyl (C=O) groups excluding carboxylic acids is 1. The SMILES string of the molecule is CC(C)(C)OC(=O)N1C2C=C(c3ccc(-n4cccn4)cc3)CC1CCC2. The van der Waals surface area contributed by atoms with Crippen molar-refractivity contribution >= 4 is 11.7 Å². The monoisotopic (exact) mass is 365 g/mol. The number of nitrogens with zero attached hydrogens (tertiary/aromatic N) is 3. The number of hydrogen-bond donors (Lipinski definition) is 0. The molecule has 3 heterocycles. The van der Waals surface area contributed by atoms with Crippen molar-refractivity contribution in [3.05, 3.63) is 54.4 Å². The predicted molar refractivity (Wildman–Crippen MR) is 106 cm³/mol. The maximum absolute atomic E-state index is 12.7. The third kappa shape index (κ3) is 3.77. The molecule has 1 aromatic carbocycles. The Labute approximate surface area is 160 Å². The molecule has 1 fully saturated rings. The van der Waals surface area contributed by atoms with Gasteiger partial charge in [0.15, 0.2) is 0 Å². The van der Waals surface area contributed by atoms with Crippen molar-refractivity contribution in [3.8, 4) is 5.69 Å². The number of benzene rings is 1. The van der Waals surface area contributed by atoms with E-state index in [0.717, 1.165) is 31.4 Å². The molecule has 2 aliphatic heterocycles. The molecule has 2 aromatic rings. The molecule has 0 N–H and O–H groups in total. The third-order valence-corrected chi connectivity index (χ3v) is 5.25. The van der Waals surface area contributed by atoms with Gasteiger partial charge in [-0.1, -0.05) is 18.2 Å².